The van der Waals surface area contributed by atoms with Gasteiger partial charge in [-0.05, 0) is 37.1 Å². The van der Waals surface area contributed by atoms with Gasteiger partial charge in [0.05, 0.1) is 5.69 Å². The average Bonchev–Trinajstić information content (AvgIpc) is 3.13. The van der Waals surface area contributed by atoms with Crippen LogP contribution in [0.5, 0.6) is 0 Å². The predicted molar refractivity (Wildman–Crippen MR) is 92.8 cm³/mol. The van der Waals surface area contributed by atoms with Gasteiger partial charge in [-0.1, -0.05) is 6.92 Å². The van der Waals surface area contributed by atoms with Crippen molar-refractivity contribution in [2.75, 3.05) is 5.75 Å². The molecule has 0 spiro atoms. The maximum absolute atomic E-state index is 4.60. The Balaban J connectivity index is 1.64. The van der Waals surface area contributed by atoms with Crippen LogP contribution in [-0.4, -0.2) is 31.8 Å². The molecule has 0 radical (unpaired) electrons. The molecule has 2 heterocycles. The summed E-state index contributed by atoms with van der Waals surface area (Å²) in [5.41, 5.74) is 3.38. The van der Waals surface area contributed by atoms with E-state index in [2.05, 4.69) is 46.3 Å². The van der Waals surface area contributed by atoms with E-state index in [1.165, 1.54) is 30.6 Å². The SMILES string of the molecule is CCS[C@@H]1CC[C@@H](NCc2cn(C)nc2-c2cccnc2)C1. The first-order valence-corrected chi connectivity index (χ1v) is 9.09. The van der Waals surface area contributed by atoms with Crippen molar-refractivity contribution in [1.82, 2.24) is 20.1 Å². The molecule has 22 heavy (non-hydrogen) atoms. The maximum Gasteiger partial charge on any atom is 0.0983 e. The molecule has 1 N–H and O–H groups in total. The molecule has 118 valence electrons. The van der Waals surface area contributed by atoms with Gasteiger partial charge in [-0.2, -0.15) is 16.9 Å². The summed E-state index contributed by atoms with van der Waals surface area (Å²) in [4.78, 5) is 4.21. The lowest BCUT2D eigenvalue weighted by Gasteiger charge is -2.13. The van der Waals surface area contributed by atoms with E-state index in [-0.39, 0.29) is 0 Å². The first kappa shape index (κ1) is 15.6. The molecule has 5 heteroatoms. The van der Waals surface area contributed by atoms with Crippen molar-refractivity contribution in [2.24, 2.45) is 7.05 Å². The molecule has 0 amide bonds. The highest BCUT2D eigenvalue weighted by molar-refractivity contribution is 7.99. The highest BCUT2D eigenvalue weighted by Crippen LogP contribution is 2.30. The van der Waals surface area contributed by atoms with Gasteiger partial charge in [0.15, 0.2) is 0 Å². The first-order valence-electron chi connectivity index (χ1n) is 8.04. The number of nitrogens with zero attached hydrogens (tertiary/aromatic N) is 3. The summed E-state index contributed by atoms with van der Waals surface area (Å²) >= 11 is 2.10. The molecule has 2 atom stereocenters. The van der Waals surface area contributed by atoms with Gasteiger partial charge >= 0.3 is 0 Å². The minimum atomic E-state index is 0.644. The summed E-state index contributed by atoms with van der Waals surface area (Å²) in [6.45, 7) is 3.13. The van der Waals surface area contributed by atoms with E-state index >= 15 is 0 Å². The molecule has 2 aromatic rings. The number of nitrogens with one attached hydrogen (secondary N) is 1. The topological polar surface area (TPSA) is 42.7 Å². The lowest BCUT2D eigenvalue weighted by Crippen LogP contribution is -2.26. The molecule has 1 fully saturated rings. The van der Waals surface area contributed by atoms with Crippen molar-refractivity contribution in [3.8, 4) is 11.3 Å². The standard InChI is InChI=1S/C17H24N4S/c1-3-22-16-7-6-15(9-16)19-11-14-12-21(2)20-17(14)13-5-4-8-18-10-13/h4-5,8,10,12,15-16,19H,3,6-7,9,11H2,1-2H3/t15-,16-/m1/s1. The van der Waals surface area contributed by atoms with E-state index in [9.17, 15) is 0 Å². The third-order valence-electron chi connectivity index (χ3n) is 4.21. The summed E-state index contributed by atoms with van der Waals surface area (Å²) in [5.74, 6) is 1.23. The van der Waals surface area contributed by atoms with Crippen LogP contribution in [0, 0.1) is 0 Å². The minimum Gasteiger partial charge on any atom is -0.310 e. The van der Waals surface area contributed by atoms with Gasteiger partial charge in [-0.15, -0.1) is 0 Å². The largest absolute Gasteiger partial charge is 0.310 e. The van der Waals surface area contributed by atoms with E-state index in [1.54, 1.807) is 6.20 Å². The summed E-state index contributed by atoms with van der Waals surface area (Å²) in [5, 5.41) is 9.17. The van der Waals surface area contributed by atoms with E-state index < -0.39 is 0 Å². The predicted octanol–water partition coefficient (Wildman–Crippen LogP) is 3.25. The lowest BCUT2D eigenvalue weighted by atomic mass is 10.1. The van der Waals surface area contributed by atoms with Gasteiger partial charge in [0.2, 0.25) is 0 Å². The molecular weight excluding hydrogens is 292 g/mol. The number of hydrogen-bond donors (Lipinski definition) is 1. The third-order valence-corrected chi connectivity index (χ3v) is 5.44. The zero-order valence-corrected chi connectivity index (χ0v) is 14.1. The number of thioether (sulfide) groups is 1. The molecule has 3 rings (SSSR count). The normalized spacial score (nSPS) is 21.4. The third kappa shape index (κ3) is 3.70. The van der Waals surface area contributed by atoms with Gasteiger partial charge in [0.1, 0.15) is 0 Å². The van der Waals surface area contributed by atoms with E-state index in [0.717, 1.165) is 23.1 Å². The molecule has 0 aliphatic heterocycles. The Morgan fingerprint density at radius 2 is 2.32 bits per heavy atom. The summed E-state index contributed by atoms with van der Waals surface area (Å²) in [6, 6.07) is 4.68. The molecule has 0 unspecified atom stereocenters. The zero-order valence-electron chi connectivity index (χ0n) is 13.3. The fraction of sp³-hybridized carbons (Fsp3) is 0.529. The smallest absolute Gasteiger partial charge is 0.0983 e. The van der Waals surface area contributed by atoms with Crippen molar-refractivity contribution in [1.29, 1.82) is 0 Å². The van der Waals surface area contributed by atoms with E-state index in [0.29, 0.717) is 6.04 Å². The van der Waals surface area contributed by atoms with Gasteiger partial charge < -0.3 is 5.32 Å². The zero-order chi connectivity index (χ0) is 15.4. The fourth-order valence-electron chi connectivity index (χ4n) is 3.18. The van der Waals surface area contributed by atoms with Crippen LogP contribution in [0.2, 0.25) is 0 Å². The molecule has 4 nitrogen and oxygen atoms in total. The monoisotopic (exact) mass is 316 g/mol. The van der Waals surface area contributed by atoms with Crippen LogP contribution in [0.1, 0.15) is 31.7 Å². The Kier molecular flexibility index (Phi) is 5.16. The van der Waals surface area contributed by atoms with Crippen LogP contribution in [0.4, 0.5) is 0 Å². The Hall–Kier alpha value is -1.33. The van der Waals surface area contributed by atoms with Crippen molar-refractivity contribution in [3.05, 3.63) is 36.3 Å². The molecular formula is C17H24N4S. The van der Waals surface area contributed by atoms with E-state index in [4.69, 9.17) is 0 Å². The summed E-state index contributed by atoms with van der Waals surface area (Å²) in [6.07, 6.45) is 9.73. The molecule has 1 aliphatic carbocycles. The minimum absolute atomic E-state index is 0.644. The second kappa shape index (κ2) is 7.29. The molecule has 1 saturated carbocycles. The van der Waals surface area contributed by atoms with Crippen LogP contribution in [0.3, 0.4) is 0 Å². The average molecular weight is 316 g/mol. The Bertz CT molecular complexity index is 596. The maximum atomic E-state index is 4.60. The number of aromatic nitrogens is 3. The number of hydrogen-bond acceptors (Lipinski definition) is 4. The van der Waals surface area contributed by atoms with Crippen LogP contribution >= 0.6 is 11.8 Å². The molecule has 0 bridgehead atoms. The van der Waals surface area contributed by atoms with Crippen LogP contribution in [-0.2, 0) is 13.6 Å². The van der Waals surface area contributed by atoms with E-state index in [1.807, 2.05) is 24.0 Å². The van der Waals surface area contributed by atoms with Crippen LogP contribution < -0.4 is 5.32 Å². The highest BCUT2D eigenvalue weighted by atomic mass is 32.2. The number of aryl methyl sites for hydroxylation is 1. The second-order valence-corrected chi connectivity index (χ2v) is 7.46. The lowest BCUT2D eigenvalue weighted by molar-refractivity contribution is 0.525. The van der Waals surface area contributed by atoms with Gasteiger partial charge in [-0.3, -0.25) is 9.67 Å². The second-order valence-electron chi connectivity index (χ2n) is 5.89. The molecule has 0 saturated heterocycles. The molecule has 1 aliphatic rings. The highest BCUT2D eigenvalue weighted by Gasteiger charge is 2.24. The Morgan fingerprint density at radius 3 is 3.09 bits per heavy atom. The van der Waals surface area contributed by atoms with Gasteiger partial charge in [-0.25, -0.2) is 0 Å². The van der Waals surface area contributed by atoms with Crippen molar-refractivity contribution < 1.29 is 0 Å². The fourth-order valence-corrected chi connectivity index (χ4v) is 4.32. The molecule has 2 aromatic heterocycles. The van der Waals surface area contributed by atoms with Crippen LogP contribution in [0.25, 0.3) is 11.3 Å². The van der Waals surface area contributed by atoms with Gasteiger partial charge in [0.25, 0.3) is 0 Å². The first-order chi connectivity index (χ1) is 10.8. The van der Waals surface area contributed by atoms with Crippen molar-refractivity contribution in [3.63, 3.8) is 0 Å². The quantitative estimate of drug-likeness (QED) is 0.888. The van der Waals surface area contributed by atoms with Gasteiger partial charge in [0, 0.05) is 54.6 Å². The molecule has 0 aromatic carbocycles. The Labute approximate surface area is 136 Å². The Morgan fingerprint density at radius 1 is 1.41 bits per heavy atom. The van der Waals surface area contributed by atoms with Crippen molar-refractivity contribution in [2.45, 2.75) is 44.0 Å². The van der Waals surface area contributed by atoms with Crippen molar-refractivity contribution >= 4 is 11.8 Å². The number of pyridine rings is 1. The van der Waals surface area contributed by atoms with Crippen LogP contribution in [0.15, 0.2) is 30.7 Å². The summed E-state index contributed by atoms with van der Waals surface area (Å²) in [7, 11) is 1.98. The summed E-state index contributed by atoms with van der Waals surface area (Å²) < 4.78 is 1.89. The number of rotatable bonds is 6.